The number of hydrogen-bond acceptors (Lipinski definition) is 4. The molecule has 27 heavy (non-hydrogen) atoms. The molecular formula is C21H34N2O4. The fraction of sp³-hybridized carbons (Fsp3) is 0.905. The molecule has 0 unspecified atom stereocenters. The Bertz CT molecular complexity index is 520. The first-order chi connectivity index (χ1) is 13.2. The highest BCUT2D eigenvalue weighted by molar-refractivity contribution is 5.81. The summed E-state index contributed by atoms with van der Waals surface area (Å²) in [7, 11) is 0. The molecule has 0 bridgehead atoms. The van der Waals surface area contributed by atoms with Gasteiger partial charge in [-0.25, -0.2) is 0 Å². The number of piperidine rings is 1. The number of carbonyl (C=O) groups is 2. The van der Waals surface area contributed by atoms with E-state index in [2.05, 4.69) is 4.90 Å². The van der Waals surface area contributed by atoms with Gasteiger partial charge in [0.05, 0.1) is 13.2 Å². The summed E-state index contributed by atoms with van der Waals surface area (Å²) in [6.07, 6.45) is 9.80. The molecule has 3 heterocycles. The van der Waals surface area contributed by atoms with Gasteiger partial charge in [-0.3, -0.25) is 9.59 Å². The van der Waals surface area contributed by atoms with E-state index in [1.807, 2.05) is 4.90 Å². The molecule has 1 aliphatic carbocycles. The molecule has 152 valence electrons. The van der Waals surface area contributed by atoms with Crippen molar-refractivity contribution in [3.05, 3.63) is 0 Å². The summed E-state index contributed by atoms with van der Waals surface area (Å²) in [5.74, 6) is 0.435. The molecular weight excluding hydrogens is 344 g/mol. The van der Waals surface area contributed by atoms with Crippen molar-refractivity contribution in [2.45, 2.75) is 70.0 Å². The molecule has 3 saturated heterocycles. The highest BCUT2D eigenvalue weighted by Crippen LogP contribution is 2.35. The monoisotopic (exact) mass is 378 g/mol. The van der Waals surface area contributed by atoms with Crippen LogP contribution in [0.3, 0.4) is 0 Å². The largest absolute Gasteiger partial charge is 0.347 e. The highest BCUT2D eigenvalue weighted by Gasteiger charge is 2.42. The van der Waals surface area contributed by atoms with E-state index in [4.69, 9.17) is 9.47 Å². The van der Waals surface area contributed by atoms with Gasteiger partial charge in [0.2, 0.25) is 11.8 Å². The molecule has 4 aliphatic rings. The van der Waals surface area contributed by atoms with Crippen LogP contribution < -0.4 is 0 Å². The zero-order valence-corrected chi connectivity index (χ0v) is 16.5. The summed E-state index contributed by atoms with van der Waals surface area (Å²) in [6.45, 7) is 4.65. The predicted octanol–water partition coefficient (Wildman–Crippen LogP) is 2.56. The van der Waals surface area contributed by atoms with Crippen molar-refractivity contribution in [3.63, 3.8) is 0 Å². The first-order valence-corrected chi connectivity index (χ1v) is 11.0. The number of likely N-dealkylation sites (tertiary alicyclic amines) is 2. The van der Waals surface area contributed by atoms with Gasteiger partial charge in [-0.1, -0.05) is 12.8 Å². The molecule has 1 spiro atoms. The predicted molar refractivity (Wildman–Crippen MR) is 101 cm³/mol. The fourth-order valence-corrected chi connectivity index (χ4v) is 5.25. The summed E-state index contributed by atoms with van der Waals surface area (Å²) < 4.78 is 11.5. The van der Waals surface area contributed by atoms with Crippen LogP contribution in [-0.4, -0.2) is 66.8 Å². The Morgan fingerprint density at radius 3 is 1.59 bits per heavy atom. The van der Waals surface area contributed by atoms with Crippen LogP contribution in [0.1, 0.15) is 64.2 Å². The number of amides is 2. The second-order valence-corrected chi connectivity index (χ2v) is 8.72. The smallest absolute Gasteiger partial charge is 0.225 e. The minimum Gasteiger partial charge on any atom is -0.347 e. The fourth-order valence-electron chi connectivity index (χ4n) is 5.25. The first-order valence-electron chi connectivity index (χ1n) is 11.0. The summed E-state index contributed by atoms with van der Waals surface area (Å²) in [5.41, 5.74) is 0. The van der Waals surface area contributed by atoms with E-state index in [0.29, 0.717) is 19.1 Å². The first kappa shape index (κ1) is 19.2. The number of ether oxygens (including phenoxy) is 2. The normalized spacial score (nSPS) is 31.7. The van der Waals surface area contributed by atoms with Crippen LogP contribution in [-0.2, 0) is 19.1 Å². The third-order valence-electron chi connectivity index (χ3n) is 6.99. The molecule has 6 nitrogen and oxygen atoms in total. The quantitative estimate of drug-likeness (QED) is 0.741. The van der Waals surface area contributed by atoms with E-state index in [1.165, 1.54) is 12.8 Å². The number of hydrogen-bond donors (Lipinski definition) is 0. The third kappa shape index (κ3) is 4.32. The summed E-state index contributed by atoms with van der Waals surface area (Å²) >= 11 is 0. The van der Waals surface area contributed by atoms with E-state index < -0.39 is 5.79 Å². The van der Waals surface area contributed by atoms with E-state index in [-0.39, 0.29) is 17.7 Å². The maximum absolute atomic E-state index is 12.9. The third-order valence-corrected chi connectivity index (χ3v) is 6.99. The Hall–Kier alpha value is -1.14. The molecule has 0 aromatic rings. The summed E-state index contributed by atoms with van der Waals surface area (Å²) in [5, 5.41) is 0. The average molecular weight is 379 g/mol. The SMILES string of the molecule is O=C(C1CCC(C(=O)N2CCC3(CC2)OCCO3)CC1)N1CCCCCC1. The molecule has 0 aromatic carbocycles. The van der Waals surface area contributed by atoms with Crippen molar-refractivity contribution in [2.75, 3.05) is 39.4 Å². The summed E-state index contributed by atoms with van der Waals surface area (Å²) in [4.78, 5) is 29.8. The van der Waals surface area contributed by atoms with Gasteiger partial charge in [-0.2, -0.15) is 0 Å². The number of nitrogens with zero attached hydrogens (tertiary/aromatic N) is 2. The van der Waals surface area contributed by atoms with Crippen LogP contribution in [0.25, 0.3) is 0 Å². The van der Waals surface area contributed by atoms with Gasteiger partial charge in [-0.15, -0.1) is 0 Å². The Kier molecular flexibility index (Phi) is 6.02. The van der Waals surface area contributed by atoms with Gasteiger partial charge < -0.3 is 19.3 Å². The van der Waals surface area contributed by atoms with Gasteiger partial charge in [0.1, 0.15) is 0 Å². The van der Waals surface area contributed by atoms with E-state index in [9.17, 15) is 9.59 Å². The van der Waals surface area contributed by atoms with Crippen molar-refractivity contribution in [2.24, 2.45) is 11.8 Å². The zero-order valence-electron chi connectivity index (χ0n) is 16.5. The Morgan fingerprint density at radius 1 is 0.667 bits per heavy atom. The van der Waals surface area contributed by atoms with E-state index >= 15 is 0 Å². The molecule has 1 saturated carbocycles. The summed E-state index contributed by atoms with van der Waals surface area (Å²) in [6, 6.07) is 0. The molecule has 0 N–H and O–H groups in total. The molecule has 4 rings (SSSR count). The molecule has 6 heteroatoms. The topological polar surface area (TPSA) is 59.1 Å². The Balaban J connectivity index is 1.24. The Morgan fingerprint density at radius 2 is 1.11 bits per heavy atom. The van der Waals surface area contributed by atoms with Crippen LogP contribution in [0.15, 0.2) is 0 Å². The van der Waals surface area contributed by atoms with Crippen molar-refractivity contribution in [3.8, 4) is 0 Å². The highest BCUT2D eigenvalue weighted by atomic mass is 16.7. The number of rotatable bonds is 2. The molecule has 0 atom stereocenters. The van der Waals surface area contributed by atoms with Crippen molar-refractivity contribution in [1.82, 2.24) is 9.80 Å². The minimum atomic E-state index is -0.423. The standard InChI is InChI=1S/C21H34N2O4/c24-19(22-11-3-1-2-4-12-22)17-5-7-18(8-6-17)20(25)23-13-9-21(10-14-23)26-15-16-27-21/h17-18H,1-16H2. The Labute approximate surface area is 162 Å². The molecule has 2 amide bonds. The van der Waals surface area contributed by atoms with E-state index in [0.717, 1.165) is 77.5 Å². The zero-order chi connectivity index (χ0) is 18.7. The lowest BCUT2D eigenvalue weighted by molar-refractivity contribution is -0.188. The average Bonchev–Trinajstić information content (AvgIpc) is 2.99. The van der Waals surface area contributed by atoms with Crippen LogP contribution >= 0.6 is 0 Å². The van der Waals surface area contributed by atoms with Crippen LogP contribution in [0.2, 0.25) is 0 Å². The van der Waals surface area contributed by atoms with Crippen molar-refractivity contribution in [1.29, 1.82) is 0 Å². The lowest BCUT2D eigenvalue weighted by atomic mass is 9.80. The maximum Gasteiger partial charge on any atom is 0.225 e. The van der Waals surface area contributed by atoms with Gasteiger partial charge >= 0.3 is 0 Å². The second kappa shape index (κ2) is 8.48. The van der Waals surface area contributed by atoms with Gasteiger partial charge in [0, 0.05) is 50.9 Å². The van der Waals surface area contributed by atoms with Gasteiger partial charge in [0.15, 0.2) is 5.79 Å². The van der Waals surface area contributed by atoms with Crippen LogP contribution in [0, 0.1) is 11.8 Å². The van der Waals surface area contributed by atoms with Crippen molar-refractivity contribution < 1.29 is 19.1 Å². The molecule has 3 aliphatic heterocycles. The minimum absolute atomic E-state index is 0.0950. The maximum atomic E-state index is 12.9. The number of carbonyl (C=O) groups excluding carboxylic acids is 2. The van der Waals surface area contributed by atoms with Gasteiger partial charge in [0.25, 0.3) is 0 Å². The molecule has 0 aromatic heterocycles. The van der Waals surface area contributed by atoms with Crippen LogP contribution in [0.4, 0.5) is 0 Å². The van der Waals surface area contributed by atoms with Crippen molar-refractivity contribution >= 4 is 11.8 Å². The van der Waals surface area contributed by atoms with Gasteiger partial charge in [-0.05, 0) is 38.5 Å². The van der Waals surface area contributed by atoms with E-state index in [1.54, 1.807) is 0 Å². The second-order valence-electron chi connectivity index (χ2n) is 8.72. The molecule has 0 radical (unpaired) electrons. The lowest BCUT2D eigenvalue weighted by Gasteiger charge is -2.40. The lowest BCUT2D eigenvalue weighted by Crippen LogP contribution is -2.49. The molecule has 4 fully saturated rings. The van der Waals surface area contributed by atoms with Crippen LogP contribution in [0.5, 0.6) is 0 Å².